The van der Waals surface area contributed by atoms with Crippen LogP contribution in [0.2, 0.25) is 0 Å². The quantitative estimate of drug-likeness (QED) is 0.232. The van der Waals surface area contributed by atoms with Gasteiger partial charge in [-0.15, -0.1) is 0 Å². The van der Waals surface area contributed by atoms with Gasteiger partial charge >= 0.3 is 0 Å². The van der Waals surface area contributed by atoms with Crippen LogP contribution in [0.25, 0.3) is 26.5 Å². The van der Waals surface area contributed by atoms with E-state index in [0.29, 0.717) is 21.8 Å². The Kier molecular flexibility index (Phi) is 7.28. The van der Waals surface area contributed by atoms with Crippen molar-refractivity contribution in [3.63, 3.8) is 0 Å². The van der Waals surface area contributed by atoms with Crippen molar-refractivity contribution in [1.29, 1.82) is 21.0 Å². The first-order valence-corrected chi connectivity index (χ1v) is 14.2. The highest BCUT2D eigenvalue weighted by atomic mass is 19.1. The molecule has 7 rings (SSSR count). The van der Waals surface area contributed by atoms with Gasteiger partial charge in [-0.3, -0.25) is 0 Å². The first-order valence-electron chi connectivity index (χ1n) is 14.2. The van der Waals surface area contributed by atoms with Crippen molar-refractivity contribution in [2.24, 2.45) is 30.0 Å². The Morgan fingerprint density at radius 2 is 1.04 bits per heavy atom. The molecule has 3 aliphatic rings. The molecule has 0 saturated heterocycles. The number of benzene rings is 3. The van der Waals surface area contributed by atoms with Gasteiger partial charge in [-0.05, 0) is 42.8 Å². The van der Waals surface area contributed by atoms with Gasteiger partial charge in [-0.1, -0.05) is 0 Å². The topological polar surface area (TPSA) is 217 Å². The second-order valence-electron chi connectivity index (χ2n) is 10.5. The molecule has 0 spiro atoms. The average molecular weight is 666 g/mol. The van der Waals surface area contributed by atoms with E-state index in [1.165, 1.54) is 6.07 Å². The smallest absolute Gasteiger partial charge is 0.238 e. The maximum Gasteiger partial charge on any atom is 0.274 e. The lowest BCUT2D eigenvalue weighted by Gasteiger charge is -2.07. The summed E-state index contributed by atoms with van der Waals surface area (Å²) < 4.78 is 28.7. The highest BCUT2D eigenvalue weighted by molar-refractivity contribution is 5.81. The van der Waals surface area contributed by atoms with E-state index in [4.69, 9.17) is 13.1 Å². The van der Waals surface area contributed by atoms with Crippen molar-refractivity contribution in [2.45, 2.75) is 6.92 Å². The van der Waals surface area contributed by atoms with Crippen molar-refractivity contribution in [1.82, 2.24) is 15.0 Å². The Morgan fingerprint density at radius 1 is 0.588 bits per heavy atom. The zero-order valence-electron chi connectivity index (χ0n) is 25.4. The molecule has 3 aromatic carbocycles. The zero-order valence-corrected chi connectivity index (χ0v) is 25.4. The molecule has 4 heterocycles. The van der Waals surface area contributed by atoms with E-state index >= 15 is 0 Å². The Labute approximate surface area is 282 Å². The first-order chi connectivity index (χ1) is 24.7. The molecule has 4 aromatic rings. The molecule has 51 heavy (non-hydrogen) atoms. The lowest BCUT2D eigenvalue weighted by molar-refractivity contribution is 0.621. The van der Waals surface area contributed by atoms with Crippen LogP contribution in [0.5, 0.6) is 0 Å². The number of allylic oxidation sites excluding steroid dienone is 2. The molecule has 1 aromatic heterocycles. The van der Waals surface area contributed by atoms with E-state index in [2.05, 4.69) is 60.7 Å². The van der Waals surface area contributed by atoms with Crippen LogP contribution in [-0.4, -0.2) is 15.0 Å². The van der Waals surface area contributed by atoms with Gasteiger partial charge in [-0.2, -0.15) is 21.0 Å². The highest BCUT2D eigenvalue weighted by Crippen LogP contribution is 2.27. The summed E-state index contributed by atoms with van der Waals surface area (Å²) in [6, 6.07) is 15.0. The molecule has 234 valence electrons. The number of hydrogen-bond acceptors (Lipinski definition) is 13. The first kappa shape index (κ1) is 31.1. The van der Waals surface area contributed by atoms with Gasteiger partial charge in [0.1, 0.15) is 41.0 Å². The molecular formula is C34H9F2N15. The van der Waals surface area contributed by atoms with Crippen LogP contribution in [0.3, 0.4) is 0 Å². The Morgan fingerprint density at radius 3 is 1.55 bits per heavy atom. The van der Waals surface area contributed by atoms with Crippen molar-refractivity contribution in [2.75, 3.05) is 0 Å². The fourth-order valence-electron chi connectivity index (χ4n) is 5.00. The van der Waals surface area contributed by atoms with E-state index in [1.54, 1.807) is 19.1 Å². The van der Waals surface area contributed by atoms with Gasteiger partial charge < -0.3 is 0 Å². The third kappa shape index (κ3) is 5.21. The molecule has 0 bridgehead atoms. The molecule has 3 aliphatic heterocycles. The largest absolute Gasteiger partial charge is 0.274 e. The molecule has 0 amide bonds. The van der Waals surface area contributed by atoms with Crippen LogP contribution in [0.1, 0.15) is 34.2 Å². The summed E-state index contributed by atoms with van der Waals surface area (Å²) in [7, 11) is 0. The summed E-state index contributed by atoms with van der Waals surface area (Å²) in [6.45, 7) is 16.9. The number of aryl methyl sites for hydroxylation is 1. The standard InChI is InChI=1S/C34H9F2N15/c1-14-4-22-23(5-15(14)10-37)44-29(43-22)17(12-39)31-49-32(18(13-40)30-45-26-8-20(36)21(41-2)9-27(26)46-30)51-34(50-31)28(42-3)33-47-24-6-16(11-38)19(35)7-25(24)48-33/h4-9H,1H3/b29-17-,30-18-,33-28-. The molecule has 0 saturated carbocycles. The predicted molar refractivity (Wildman–Crippen MR) is 165 cm³/mol. The minimum absolute atomic E-state index is 0.0255. The molecule has 15 nitrogen and oxygen atoms in total. The average Bonchev–Trinajstić information content (AvgIpc) is 3.84. The maximum absolute atomic E-state index is 14.4. The van der Waals surface area contributed by atoms with Crippen LogP contribution >= 0.6 is 0 Å². The van der Waals surface area contributed by atoms with Crippen LogP contribution in [-0.2, 0) is 0 Å². The minimum Gasteiger partial charge on any atom is -0.238 e. The number of nitriles is 4. The molecular weight excluding hydrogens is 656 g/mol. The second kappa shape index (κ2) is 11.9. The number of fused-ring (bicyclic) bond motifs is 3. The van der Waals surface area contributed by atoms with E-state index in [9.17, 15) is 29.8 Å². The summed E-state index contributed by atoms with van der Waals surface area (Å²) in [5, 5.41) is 40.3. The van der Waals surface area contributed by atoms with E-state index < -0.39 is 29.0 Å². The van der Waals surface area contributed by atoms with Crippen LogP contribution < -0.4 is 32.1 Å². The fraction of sp³-hybridized carbons (Fsp3) is 0.0294. The lowest BCUT2D eigenvalue weighted by atomic mass is 10.1. The third-order valence-corrected chi connectivity index (χ3v) is 7.44. The number of rotatable bonds is 3. The van der Waals surface area contributed by atoms with E-state index in [0.717, 1.165) is 24.3 Å². The number of aromatic nitrogens is 3. The normalized spacial score (nSPS) is 15.7. The van der Waals surface area contributed by atoms with Crippen LogP contribution in [0.15, 0.2) is 83.8 Å². The van der Waals surface area contributed by atoms with Crippen LogP contribution in [0.4, 0.5) is 14.5 Å². The fourth-order valence-corrected chi connectivity index (χ4v) is 5.00. The molecule has 0 fully saturated rings. The second-order valence-corrected chi connectivity index (χ2v) is 10.5. The van der Waals surface area contributed by atoms with Crippen LogP contribution in [0, 0.1) is 77.0 Å². The van der Waals surface area contributed by atoms with E-state index in [-0.39, 0.29) is 67.1 Å². The third-order valence-electron chi connectivity index (χ3n) is 7.44. The lowest BCUT2D eigenvalue weighted by Crippen LogP contribution is -2.22. The summed E-state index contributed by atoms with van der Waals surface area (Å²) >= 11 is 0. The Balaban J connectivity index is 1.50. The molecule has 0 atom stereocenters. The predicted octanol–water partition coefficient (Wildman–Crippen LogP) is 1.54. The maximum atomic E-state index is 14.4. The van der Waals surface area contributed by atoms with Gasteiger partial charge in [0.25, 0.3) is 5.70 Å². The SMILES string of the molecule is [C-]#[N+]/C(=C1\N=c2cc(F)c(C#N)cc2=N1)c1nc(/C(C#N)=C2/N=c3cc(C)c(C#N)cc3=N2)nc(/C(C#N)=C2/N=c3cc(F)c([N+]#[C-])cc3=N2)n1. The van der Waals surface area contributed by atoms with Gasteiger partial charge in [0.2, 0.25) is 5.69 Å². The number of halogens is 2. The molecule has 0 aliphatic carbocycles. The Bertz CT molecular complexity index is 2790. The summed E-state index contributed by atoms with van der Waals surface area (Å²) in [5.41, 5.74) is -0.723. The molecule has 0 N–H and O–H groups in total. The van der Waals surface area contributed by atoms with Crippen molar-refractivity contribution >= 4 is 22.5 Å². The summed E-state index contributed by atoms with van der Waals surface area (Å²) in [5.74, 6) is -3.58. The van der Waals surface area contributed by atoms with Crippen molar-refractivity contribution < 1.29 is 8.78 Å². The molecule has 0 unspecified atom stereocenters. The monoisotopic (exact) mass is 665 g/mol. The Hall–Kier alpha value is -8.51. The number of nitrogens with zero attached hydrogens (tertiary/aromatic N) is 15. The molecule has 17 heteroatoms. The highest BCUT2D eigenvalue weighted by Gasteiger charge is 2.25. The van der Waals surface area contributed by atoms with Gasteiger partial charge in [0.15, 0.2) is 34.9 Å². The summed E-state index contributed by atoms with van der Waals surface area (Å²) in [6.07, 6.45) is 0. The zero-order chi connectivity index (χ0) is 36.0. The number of hydrogen-bond donors (Lipinski definition) is 0. The van der Waals surface area contributed by atoms with E-state index in [1.807, 2.05) is 12.1 Å². The van der Waals surface area contributed by atoms with Crippen molar-refractivity contribution in [3.8, 4) is 24.3 Å². The van der Waals surface area contributed by atoms with Gasteiger partial charge in [0.05, 0.1) is 62.5 Å². The van der Waals surface area contributed by atoms with Gasteiger partial charge in [0, 0.05) is 6.07 Å². The summed E-state index contributed by atoms with van der Waals surface area (Å²) in [4.78, 5) is 45.4. The molecule has 0 radical (unpaired) electrons. The van der Waals surface area contributed by atoms with Crippen molar-refractivity contribution in [3.05, 3.63) is 155 Å². The minimum atomic E-state index is -0.850. The van der Waals surface area contributed by atoms with Gasteiger partial charge in [-0.25, -0.2) is 63.4 Å².